The molecule has 3 rings (SSSR count). The lowest BCUT2D eigenvalue weighted by Crippen LogP contribution is -2.30. The molecule has 156 valence electrons. The second kappa shape index (κ2) is 9.53. The van der Waals surface area contributed by atoms with Crippen molar-refractivity contribution >= 4 is 39.9 Å². The molecule has 9 heteroatoms. The molecule has 1 N–H and O–H groups in total. The number of esters is 1. The van der Waals surface area contributed by atoms with Crippen LogP contribution < -0.4 is 10.1 Å². The Hall–Kier alpha value is -3.20. The number of amides is 3. The van der Waals surface area contributed by atoms with Gasteiger partial charge < -0.3 is 14.8 Å². The Kier molecular flexibility index (Phi) is 6.83. The second-order valence-corrected chi connectivity index (χ2v) is 7.11. The monoisotopic (exact) mass is 476 g/mol. The summed E-state index contributed by atoms with van der Waals surface area (Å²) in [7, 11) is 0. The summed E-state index contributed by atoms with van der Waals surface area (Å²) < 4.78 is 24.6. The van der Waals surface area contributed by atoms with E-state index in [1.807, 2.05) is 0 Å². The highest BCUT2D eigenvalue weighted by molar-refractivity contribution is 9.10. The number of hydrogen-bond donors (Lipinski definition) is 1. The van der Waals surface area contributed by atoms with E-state index in [9.17, 15) is 18.8 Å². The minimum absolute atomic E-state index is 0.0726. The van der Waals surface area contributed by atoms with Gasteiger partial charge in [-0.25, -0.2) is 14.0 Å². The summed E-state index contributed by atoms with van der Waals surface area (Å²) >= 11 is 3.35. The van der Waals surface area contributed by atoms with Gasteiger partial charge in [-0.2, -0.15) is 0 Å². The fourth-order valence-electron chi connectivity index (χ4n) is 2.74. The number of urea groups is 1. The molecule has 3 amide bonds. The van der Waals surface area contributed by atoms with E-state index in [-0.39, 0.29) is 31.0 Å². The predicted molar refractivity (Wildman–Crippen MR) is 110 cm³/mol. The maximum Gasteiger partial charge on any atom is 0.344 e. The van der Waals surface area contributed by atoms with Crippen LogP contribution in [0.5, 0.6) is 5.75 Å². The molecule has 0 saturated carbocycles. The van der Waals surface area contributed by atoms with E-state index in [0.29, 0.717) is 15.8 Å². The van der Waals surface area contributed by atoms with Gasteiger partial charge in [-0.3, -0.25) is 9.69 Å². The smallest absolute Gasteiger partial charge is 0.344 e. The Morgan fingerprint density at radius 1 is 1.23 bits per heavy atom. The number of hydrogen-bond acceptors (Lipinski definition) is 5. The third-order valence-electron chi connectivity index (χ3n) is 4.17. The summed E-state index contributed by atoms with van der Waals surface area (Å²) in [5.41, 5.74) is 0.929. The fraction of sp³-hybridized carbons (Fsp3) is 0.190. The molecule has 1 heterocycles. The topological polar surface area (TPSA) is 84.9 Å². The summed E-state index contributed by atoms with van der Waals surface area (Å²) in [6.07, 6.45) is 1.50. The van der Waals surface area contributed by atoms with Crippen molar-refractivity contribution in [1.82, 2.24) is 10.2 Å². The van der Waals surface area contributed by atoms with Crippen molar-refractivity contribution in [3.05, 3.63) is 69.6 Å². The Morgan fingerprint density at radius 3 is 2.70 bits per heavy atom. The van der Waals surface area contributed by atoms with E-state index in [1.165, 1.54) is 24.3 Å². The van der Waals surface area contributed by atoms with E-state index in [4.69, 9.17) is 9.47 Å². The van der Waals surface area contributed by atoms with Gasteiger partial charge in [0, 0.05) is 5.56 Å². The van der Waals surface area contributed by atoms with E-state index in [2.05, 4.69) is 21.2 Å². The summed E-state index contributed by atoms with van der Waals surface area (Å²) in [5.74, 6) is -1.10. The van der Waals surface area contributed by atoms with Crippen molar-refractivity contribution in [3.8, 4) is 5.75 Å². The molecule has 0 aromatic heterocycles. The molecule has 1 aliphatic heterocycles. The van der Waals surface area contributed by atoms with Crippen LogP contribution in [-0.2, 0) is 20.9 Å². The third-order valence-corrected chi connectivity index (χ3v) is 4.79. The SMILES string of the molecule is CCOC(=O)COc1ccc(/C=C2/NC(=O)N(Cc3ccccc3F)C2=O)cc1Br. The van der Waals surface area contributed by atoms with Crippen LogP contribution in [-0.4, -0.2) is 36.0 Å². The number of carbonyl (C=O) groups is 3. The van der Waals surface area contributed by atoms with Crippen LogP contribution >= 0.6 is 15.9 Å². The predicted octanol–water partition coefficient (Wildman–Crippen LogP) is 3.62. The molecule has 1 saturated heterocycles. The Labute approximate surface area is 180 Å². The summed E-state index contributed by atoms with van der Waals surface area (Å²) in [5, 5.41) is 2.50. The Bertz CT molecular complexity index is 1020. The van der Waals surface area contributed by atoms with E-state index in [0.717, 1.165) is 4.90 Å². The number of halogens is 2. The highest BCUT2D eigenvalue weighted by atomic mass is 79.9. The number of carbonyl (C=O) groups excluding carboxylic acids is 3. The zero-order chi connectivity index (χ0) is 21.7. The van der Waals surface area contributed by atoms with Crippen molar-refractivity contribution < 1.29 is 28.2 Å². The van der Waals surface area contributed by atoms with Crippen LogP contribution in [0.3, 0.4) is 0 Å². The molecule has 0 spiro atoms. The molecular weight excluding hydrogens is 459 g/mol. The second-order valence-electron chi connectivity index (χ2n) is 6.25. The van der Waals surface area contributed by atoms with Gasteiger partial charge in [0.05, 0.1) is 17.6 Å². The molecule has 2 aromatic rings. The van der Waals surface area contributed by atoms with Crippen LogP contribution in [0.4, 0.5) is 9.18 Å². The van der Waals surface area contributed by atoms with E-state index in [1.54, 1.807) is 31.2 Å². The number of ether oxygens (including phenoxy) is 2. The van der Waals surface area contributed by atoms with Gasteiger partial charge >= 0.3 is 12.0 Å². The molecule has 2 aromatic carbocycles. The largest absolute Gasteiger partial charge is 0.481 e. The minimum Gasteiger partial charge on any atom is -0.481 e. The van der Waals surface area contributed by atoms with Crippen molar-refractivity contribution in [1.29, 1.82) is 0 Å². The van der Waals surface area contributed by atoms with Crippen molar-refractivity contribution in [2.24, 2.45) is 0 Å². The first-order chi connectivity index (χ1) is 14.4. The molecule has 0 unspecified atom stereocenters. The van der Waals surface area contributed by atoms with Crippen LogP contribution in [0, 0.1) is 5.82 Å². The van der Waals surface area contributed by atoms with Gasteiger partial charge in [0.1, 0.15) is 17.3 Å². The molecule has 30 heavy (non-hydrogen) atoms. The summed E-state index contributed by atoms with van der Waals surface area (Å²) in [6.45, 7) is 1.58. The third kappa shape index (κ3) is 5.04. The standard InChI is InChI=1S/C21H18BrFN2O5/c1-2-29-19(26)12-30-18-8-7-13(9-15(18)22)10-17-20(27)25(21(28)24-17)11-14-5-3-4-6-16(14)23/h3-10H,2,11-12H2,1H3,(H,24,28)/b17-10+. The number of benzene rings is 2. The number of imide groups is 1. The van der Waals surface area contributed by atoms with Gasteiger partial charge in [-0.15, -0.1) is 0 Å². The number of rotatable bonds is 7. The highest BCUT2D eigenvalue weighted by Crippen LogP contribution is 2.27. The number of nitrogens with zero attached hydrogens (tertiary/aromatic N) is 1. The van der Waals surface area contributed by atoms with Crippen molar-refractivity contribution in [2.45, 2.75) is 13.5 Å². The van der Waals surface area contributed by atoms with Crippen LogP contribution in [0.2, 0.25) is 0 Å². The van der Waals surface area contributed by atoms with Gasteiger partial charge in [0.2, 0.25) is 0 Å². The average Bonchev–Trinajstić information content (AvgIpc) is 2.96. The lowest BCUT2D eigenvalue weighted by atomic mass is 10.1. The number of nitrogens with one attached hydrogen (secondary N) is 1. The highest BCUT2D eigenvalue weighted by Gasteiger charge is 2.34. The lowest BCUT2D eigenvalue weighted by Gasteiger charge is -2.12. The maximum absolute atomic E-state index is 13.8. The van der Waals surface area contributed by atoms with Gasteiger partial charge in [0.25, 0.3) is 5.91 Å². The Morgan fingerprint density at radius 2 is 2.00 bits per heavy atom. The molecule has 7 nitrogen and oxygen atoms in total. The van der Waals surface area contributed by atoms with Crippen LogP contribution in [0.15, 0.2) is 52.6 Å². The molecular formula is C21H18BrFN2O5. The Balaban J connectivity index is 1.71. The summed E-state index contributed by atoms with van der Waals surface area (Å²) in [6, 6.07) is 10.3. The molecule has 0 bridgehead atoms. The van der Waals surface area contributed by atoms with E-state index >= 15 is 0 Å². The molecule has 0 radical (unpaired) electrons. The molecule has 1 aliphatic rings. The van der Waals surface area contributed by atoms with Crippen molar-refractivity contribution in [2.75, 3.05) is 13.2 Å². The summed E-state index contributed by atoms with van der Waals surface area (Å²) in [4.78, 5) is 37.1. The van der Waals surface area contributed by atoms with Gasteiger partial charge in [0.15, 0.2) is 6.61 Å². The first-order valence-corrected chi connectivity index (χ1v) is 9.84. The van der Waals surface area contributed by atoms with Gasteiger partial charge in [-0.1, -0.05) is 24.3 Å². The van der Waals surface area contributed by atoms with E-state index < -0.39 is 23.7 Å². The normalized spacial score (nSPS) is 14.8. The first-order valence-electron chi connectivity index (χ1n) is 9.05. The fourth-order valence-corrected chi connectivity index (χ4v) is 3.25. The first kappa shape index (κ1) is 21.5. The van der Waals surface area contributed by atoms with Crippen molar-refractivity contribution in [3.63, 3.8) is 0 Å². The van der Waals surface area contributed by atoms with Crippen LogP contribution in [0.25, 0.3) is 6.08 Å². The maximum atomic E-state index is 13.8. The minimum atomic E-state index is -0.622. The average molecular weight is 477 g/mol. The van der Waals surface area contributed by atoms with Crippen LogP contribution in [0.1, 0.15) is 18.1 Å². The zero-order valence-electron chi connectivity index (χ0n) is 16.0. The molecule has 0 aliphatic carbocycles. The quantitative estimate of drug-likeness (QED) is 0.374. The lowest BCUT2D eigenvalue weighted by molar-refractivity contribution is -0.145. The molecule has 0 atom stereocenters. The molecule has 1 fully saturated rings. The zero-order valence-corrected chi connectivity index (χ0v) is 17.6. The van der Waals surface area contributed by atoms with Gasteiger partial charge in [-0.05, 0) is 52.7 Å².